The number of fused-ring (bicyclic) bond motifs is 1. The van der Waals surface area contributed by atoms with Gasteiger partial charge in [-0.15, -0.1) is 0 Å². The summed E-state index contributed by atoms with van der Waals surface area (Å²) >= 11 is 0. The maximum absolute atomic E-state index is 12.6. The molecule has 0 bridgehead atoms. The lowest BCUT2D eigenvalue weighted by atomic mass is 9.98. The minimum atomic E-state index is -3.42. The highest BCUT2D eigenvalue weighted by atomic mass is 32.2. The molecule has 1 amide bonds. The van der Waals surface area contributed by atoms with Crippen molar-refractivity contribution in [2.75, 3.05) is 12.9 Å². The topological polar surface area (TPSA) is 72.5 Å². The van der Waals surface area contributed by atoms with Crippen LogP contribution in [0.25, 0.3) is 0 Å². The Labute approximate surface area is 147 Å². The fourth-order valence-corrected chi connectivity index (χ4v) is 4.58. The first kappa shape index (κ1) is 17.5. The zero-order valence-electron chi connectivity index (χ0n) is 14.2. The summed E-state index contributed by atoms with van der Waals surface area (Å²) in [6, 6.07) is 15.8. The first-order chi connectivity index (χ1) is 11.9. The normalized spacial score (nSPS) is 20.9. The molecule has 1 heterocycles. The van der Waals surface area contributed by atoms with Crippen molar-refractivity contribution in [3.8, 4) is 5.75 Å². The van der Waals surface area contributed by atoms with Crippen LogP contribution >= 0.6 is 0 Å². The molecule has 2 aromatic carbocycles. The summed E-state index contributed by atoms with van der Waals surface area (Å²) in [6.45, 7) is 1.93. The van der Waals surface area contributed by atoms with Crippen molar-refractivity contribution in [3.63, 3.8) is 0 Å². The van der Waals surface area contributed by atoms with Crippen LogP contribution in [0.5, 0.6) is 5.75 Å². The van der Waals surface area contributed by atoms with E-state index in [1.165, 1.54) is 6.26 Å². The average molecular weight is 359 g/mol. The van der Waals surface area contributed by atoms with Crippen LogP contribution in [0, 0.1) is 0 Å². The fourth-order valence-electron chi connectivity index (χ4n) is 3.18. The third-order valence-electron chi connectivity index (χ3n) is 4.49. The second-order valence-corrected chi connectivity index (χ2v) is 8.51. The molecule has 0 aromatic heterocycles. The lowest BCUT2D eigenvalue weighted by Crippen LogP contribution is -2.48. The number of rotatable bonds is 4. The summed E-state index contributed by atoms with van der Waals surface area (Å²) in [6.07, 6.45) is 1.19. The summed E-state index contributed by atoms with van der Waals surface area (Å²) in [5.74, 6) is -0.0362. The lowest BCUT2D eigenvalue weighted by Gasteiger charge is -2.33. The Morgan fingerprint density at radius 1 is 1.12 bits per heavy atom. The smallest absolute Gasteiger partial charge is 0.227 e. The van der Waals surface area contributed by atoms with Crippen molar-refractivity contribution >= 4 is 15.7 Å². The van der Waals surface area contributed by atoms with Crippen LogP contribution in [0.1, 0.15) is 29.2 Å². The zero-order chi connectivity index (χ0) is 18.0. The van der Waals surface area contributed by atoms with Gasteiger partial charge in [0, 0.05) is 11.8 Å². The van der Waals surface area contributed by atoms with E-state index < -0.39 is 21.1 Å². The number of amides is 1. The molecule has 1 N–H and O–H groups in total. The number of ether oxygens (including phenoxy) is 1. The first-order valence-electron chi connectivity index (χ1n) is 8.14. The maximum atomic E-state index is 12.6. The van der Waals surface area contributed by atoms with E-state index in [9.17, 15) is 13.2 Å². The van der Waals surface area contributed by atoms with Crippen molar-refractivity contribution in [1.29, 1.82) is 0 Å². The second kappa shape index (κ2) is 6.88. The van der Waals surface area contributed by atoms with Gasteiger partial charge in [0.2, 0.25) is 5.91 Å². The molecular formula is C19H21NO4S. The molecule has 25 heavy (non-hydrogen) atoms. The lowest BCUT2D eigenvalue weighted by molar-refractivity contribution is -0.123. The highest BCUT2D eigenvalue weighted by Gasteiger charge is 2.39. The molecule has 0 radical (unpaired) electrons. The van der Waals surface area contributed by atoms with Crippen molar-refractivity contribution in [2.45, 2.75) is 24.1 Å². The molecule has 0 fully saturated rings. The van der Waals surface area contributed by atoms with Crippen LogP contribution in [0.4, 0.5) is 0 Å². The SMILES string of the molecule is C[C@H](C(=O)N[C@@H]1COc2ccccc2[C@H]1S(C)(=O)=O)c1ccccc1. The summed E-state index contributed by atoms with van der Waals surface area (Å²) in [5.41, 5.74) is 1.47. The van der Waals surface area contributed by atoms with Crippen LogP contribution in [0.3, 0.4) is 0 Å². The summed E-state index contributed by atoms with van der Waals surface area (Å²) < 4.78 is 30.4. The average Bonchev–Trinajstić information content (AvgIpc) is 2.60. The number of carbonyl (C=O) groups excluding carboxylic acids is 1. The number of benzene rings is 2. The third-order valence-corrected chi connectivity index (χ3v) is 6.00. The third kappa shape index (κ3) is 3.69. The van der Waals surface area contributed by atoms with E-state index in [0.29, 0.717) is 11.3 Å². The molecule has 1 aliphatic heterocycles. The zero-order valence-corrected chi connectivity index (χ0v) is 15.0. The summed E-state index contributed by atoms with van der Waals surface area (Å²) in [4.78, 5) is 12.6. The summed E-state index contributed by atoms with van der Waals surface area (Å²) in [7, 11) is -3.42. The van der Waals surface area contributed by atoms with Gasteiger partial charge in [-0.25, -0.2) is 8.42 Å². The van der Waals surface area contributed by atoms with Gasteiger partial charge in [-0.1, -0.05) is 48.5 Å². The number of sulfone groups is 1. The van der Waals surface area contributed by atoms with Gasteiger partial charge < -0.3 is 10.1 Å². The number of hydrogen-bond acceptors (Lipinski definition) is 4. The quantitative estimate of drug-likeness (QED) is 0.910. The molecule has 0 saturated carbocycles. The van der Waals surface area contributed by atoms with Gasteiger partial charge in [0.25, 0.3) is 0 Å². The van der Waals surface area contributed by atoms with E-state index >= 15 is 0 Å². The molecule has 1 aliphatic rings. The van der Waals surface area contributed by atoms with E-state index in [1.807, 2.05) is 30.3 Å². The van der Waals surface area contributed by atoms with Gasteiger partial charge >= 0.3 is 0 Å². The number of nitrogens with one attached hydrogen (secondary N) is 1. The minimum absolute atomic E-state index is 0.127. The van der Waals surface area contributed by atoms with Crippen LogP contribution in [-0.4, -0.2) is 33.2 Å². The van der Waals surface area contributed by atoms with E-state index in [4.69, 9.17) is 4.74 Å². The molecule has 0 saturated heterocycles. The predicted molar refractivity (Wildman–Crippen MR) is 96.3 cm³/mol. The molecular weight excluding hydrogens is 338 g/mol. The number of hydrogen-bond donors (Lipinski definition) is 1. The van der Waals surface area contributed by atoms with Gasteiger partial charge in [0.05, 0.1) is 12.0 Å². The van der Waals surface area contributed by atoms with E-state index in [1.54, 1.807) is 31.2 Å². The largest absolute Gasteiger partial charge is 0.491 e. The van der Waals surface area contributed by atoms with E-state index in [2.05, 4.69) is 5.32 Å². The van der Waals surface area contributed by atoms with Gasteiger partial charge in [-0.2, -0.15) is 0 Å². The predicted octanol–water partition coefficient (Wildman–Crippen LogP) is 2.45. The van der Waals surface area contributed by atoms with Crippen molar-refractivity contribution in [1.82, 2.24) is 5.32 Å². The van der Waals surface area contributed by atoms with Crippen LogP contribution < -0.4 is 10.1 Å². The molecule has 132 valence electrons. The standard InChI is InChI=1S/C19H21NO4S/c1-13(14-8-4-3-5-9-14)19(21)20-16-12-24-17-11-7-6-10-15(17)18(16)25(2,22)23/h3-11,13,16,18H,12H2,1-2H3,(H,20,21)/t13-,16+,18+/m0/s1. The van der Waals surface area contributed by atoms with Crippen molar-refractivity contribution in [3.05, 3.63) is 65.7 Å². The molecule has 0 unspecified atom stereocenters. The van der Waals surface area contributed by atoms with Crippen molar-refractivity contribution < 1.29 is 17.9 Å². The monoisotopic (exact) mass is 359 g/mol. The number of carbonyl (C=O) groups is 1. The van der Waals surface area contributed by atoms with Gasteiger partial charge in [-0.3, -0.25) is 4.79 Å². The Morgan fingerprint density at radius 2 is 1.76 bits per heavy atom. The Bertz CT molecular complexity index is 864. The molecule has 2 aromatic rings. The van der Waals surface area contributed by atoms with E-state index in [-0.39, 0.29) is 18.4 Å². The highest BCUT2D eigenvalue weighted by Crippen LogP contribution is 2.37. The molecule has 3 atom stereocenters. The molecule has 5 nitrogen and oxygen atoms in total. The Hall–Kier alpha value is -2.34. The van der Waals surface area contributed by atoms with Gasteiger partial charge in [-0.05, 0) is 18.6 Å². The first-order valence-corrected chi connectivity index (χ1v) is 10.1. The fraction of sp³-hybridized carbons (Fsp3) is 0.316. The Morgan fingerprint density at radius 3 is 2.44 bits per heavy atom. The minimum Gasteiger partial charge on any atom is -0.491 e. The van der Waals surface area contributed by atoms with Crippen LogP contribution in [-0.2, 0) is 14.6 Å². The molecule has 0 spiro atoms. The van der Waals surface area contributed by atoms with Crippen molar-refractivity contribution in [2.24, 2.45) is 0 Å². The van der Waals surface area contributed by atoms with Gasteiger partial charge in [0.15, 0.2) is 9.84 Å². The second-order valence-electron chi connectivity index (χ2n) is 6.35. The molecule has 6 heteroatoms. The van der Waals surface area contributed by atoms with E-state index in [0.717, 1.165) is 5.56 Å². The maximum Gasteiger partial charge on any atom is 0.227 e. The molecule has 0 aliphatic carbocycles. The Balaban J connectivity index is 1.85. The number of para-hydroxylation sites is 1. The molecule has 3 rings (SSSR count). The Kier molecular flexibility index (Phi) is 4.81. The van der Waals surface area contributed by atoms with Gasteiger partial charge in [0.1, 0.15) is 17.6 Å². The van der Waals surface area contributed by atoms with Crippen LogP contribution in [0.15, 0.2) is 54.6 Å². The summed E-state index contributed by atoms with van der Waals surface area (Å²) in [5, 5.41) is 2.06. The highest BCUT2D eigenvalue weighted by molar-refractivity contribution is 7.91. The van der Waals surface area contributed by atoms with Crippen LogP contribution in [0.2, 0.25) is 0 Å².